The maximum absolute atomic E-state index is 12.3. The van der Waals surface area contributed by atoms with Gasteiger partial charge in [0.25, 0.3) is 0 Å². The van der Waals surface area contributed by atoms with Gasteiger partial charge in [-0.15, -0.1) is 0 Å². The molecule has 1 saturated heterocycles. The predicted molar refractivity (Wildman–Crippen MR) is 86.4 cm³/mol. The molecular formula is C16H21N5O2. The first kappa shape index (κ1) is 15.5. The molecule has 0 bridgehead atoms. The SMILES string of the molecule is COCC(=O)N1CCCC[C@@H]1c1[nH]ncc1-c1ccnc(N)c1. The highest BCUT2D eigenvalue weighted by atomic mass is 16.5. The van der Waals surface area contributed by atoms with E-state index in [2.05, 4.69) is 15.2 Å². The zero-order valence-electron chi connectivity index (χ0n) is 13.2. The number of aromatic nitrogens is 3. The van der Waals surface area contributed by atoms with Crippen LogP contribution in [0, 0.1) is 0 Å². The Labute approximate surface area is 134 Å². The molecule has 1 aliphatic heterocycles. The lowest BCUT2D eigenvalue weighted by Crippen LogP contribution is -2.40. The van der Waals surface area contributed by atoms with Crippen molar-refractivity contribution < 1.29 is 9.53 Å². The third-order valence-corrected chi connectivity index (χ3v) is 4.19. The van der Waals surface area contributed by atoms with Crippen LogP contribution >= 0.6 is 0 Å². The molecule has 1 amide bonds. The molecule has 3 heterocycles. The first-order valence-corrected chi connectivity index (χ1v) is 7.74. The number of anilines is 1. The Hall–Kier alpha value is -2.41. The molecule has 1 fully saturated rings. The molecule has 23 heavy (non-hydrogen) atoms. The molecule has 0 aromatic carbocycles. The van der Waals surface area contributed by atoms with E-state index in [1.165, 1.54) is 7.11 Å². The van der Waals surface area contributed by atoms with Gasteiger partial charge in [-0.05, 0) is 37.0 Å². The Morgan fingerprint density at radius 2 is 2.39 bits per heavy atom. The van der Waals surface area contributed by atoms with Gasteiger partial charge in [0.15, 0.2) is 0 Å². The Morgan fingerprint density at radius 3 is 3.17 bits per heavy atom. The molecule has 0 radical (unpaired) electrons. The number of nitrogens with one attached hydrogen (secondary N) is 1. The number of hydrogen-bond acceptors (Lipinski definition) is 5. The molecule has 2 aromatic heterocycles. The fraction of sp³-hybridized carbons (Fsp3) is 0.438. The van der Waals surface area contributed by atoms with E-state index in [1.54, 1.807) is 12.4 Å². The molecule has 0 saturated carbocycles. The van der Waals surface area contributed by atoms with Gasteiger partial charge in [0, 0.05) is 25.4 Å². The van der Waals surface area contributed by atoms with Crippen LogP contribution in [0.25, 0.3) is 11.1 Å². The molecule has 122 valence electrons. The third-order valence-electron chi connectivity index (χ3n) is 4.19. The fourth-order valence-electron chi connectivity index (χ4n) is 3.13. The van der Waals surface area contributed by atoms with Crippen molar-refractivity contribution in [3.8, 4) is 11.1 Å². The van der Waals surface area contributed by atoms with E-state index in [-0.39, 0.29) is 18.6 Å². The number of H-pyrrole nitrogens is 1. The van der Waals surface area contributed by atoms with E-state index in [0.717, 1.165) is 42.6 Å². The number of rotatable bonds is 4. The van der Waals surface area contributed by atoms with Crippen LogP contribution in [0.4, 0.5) is 5.82 Å². The normalized spacial score (nSPS) is 18.1. The van der Waals surface area contributed by atoms with Gasteiger partial charge < -0.3 is 15.4 Å². The van der Waals surface area contributed by atoms with E-state index in [4.69, 9.17) is 10.5 Å². The number of ether oxygens (including phenoxy) is 1. The second-order valence-electron chi connectivity index (χ2n) is 5.70. The quantitative estimate of drug-likeness (QED) is 0.896. The third kappa shape index (κ3) is 3.19. The number of amides is 1. The molecule has 3 rings (SSSR count). The zero-order chi connectivity index (χ0) is 16.2. The minimum Gasteiger partial charge on any atom is -0.384 e. The van der Waals surface area contributed by atoms with Crippen LogP contribution in [0.15, 0.2) is 24.5 Å². The summed E-state index contributed by atoms with van der Waals surface area (Å²) < 4.78 is 5.01. The number of hydrogen-bond donors (Lipinski definition) is 2. The molecule has 1 atom stereocenters. The summed E-state index contributed by atoms with van der Waals surface area (Å²) in [6.07, 6.45) is 6.45. The number of pyridine rings is 1. The summed E-state index contributed by atoms with van der Waals surface area (Å²) in [4.78, 5) is 18.3. The van der Waals surface area contributed by atoms with E-state index in [9.17, 15) is 4.79 Å². The van der Waals surface area contributed by atoms with Gasteiger partial charge in [0.05, 0.1) is 17.9 Å². The van der Waals surface area contributed by atoms with Crippen LogP contribution in [0.3, 0.4) is 0 Å². The Bertz CT molecular complexity index is 685. The first-order valence-electron chi connectivity index (χ1n) is 7.74. The number of piperidine rings is 1. The lowest BCUT2D eigenvalue weighted by atomic mass is 9.94. The van der Waals surface area contributed by atoms with Crippen molar-refractivity contribution in [1.82, 2.24) is 20.1 Å². The van der Waals surface area contributed by atoms with Crippen LogP contribution < -0.4 is 5.73 Å². The van der Waals surface area contributed by atoms with Crippen molar-refractivity contribution in [3.05, 3.63) is 30.2 Å². The molecule has 7 nitrogen and oxygen atoms in total. The lowest BCUT2D eigenvalue weighted by molar-refractivity contribution is -0.139. The average molecular weight is 315 g/mol. The maximum Gasteiger partial charge on any atom is 0.249 e. The van der Waals surface area contributed by atoms with Crippen molar-refractivity contribution in [2.45, 2.75) is 25.3 Å². The van der Waals surface area contributed by atoms with E-state index >= 15 is 0 Å². The summed E-state index contributed by atoms with van der Waals surface area (Å²) in [7, 11) is 1.54. The van der Waals surface area contributed by atoms with E-state index in [0.29, 0.717) is 5.82 Å². The summed E-state index contributed by atoms with van der Waals surface area (Å²) in [5.41, 5.74) is 8.64. The van der Waals surface area contributed by atoms with Crippen LogP contribution in [-0.2, 0) is 9.53 Å². The van der Waals surface area contributed by atoms with Gasteiger partial charge >= 0.3 is 0 Å². The van der Waals surface area contributed by atoms with Gasteiger partial charge in [-0.25, -0.2) is 4.98 Å². The second kappa shape index (κ2) is 6.78. The Balaban J connectivity index is 1.94. The van der Waals surface area contributed by atoms with Crippen molar-refractivity contribution in [1.29, 1.82) is 0 Å². The number of methoxy groups -OCH3 is 1. The van der Waals surface area contributed by atoms with E-state index in [1.807, 2.05) is 17.0 Å². The number of nitrogens with two attached hydrogens (primary N) is 1. The topological polar surface area (TPSA) is 97.1 Å². The number of nitrogens with zero attached hydrogens (tertiary/aromatic N) is 3. The average Bonchev–Trinajstić information content (AvgIpc) is 3.04. The van der Waals surface area contributed by atoms with Gasteiger partial charge in [0.1, 0.15) is 12.4 Å². The molecular weight excluding hydrogens is 294 g/mol. The number of carbonyl (C=O) groups is 1. The highest BCUT2D eigenvalue weighted by Crippen LogP contribution is 2.35. The Morgan fingerprint density at radius 1 is 1.52 bits per heavy atom. The number of carbonyl (C=O) groups excluding carboxylic acids is 1. The van der Waals surface area contributed by atoms with Crippen molar-refractivity contribution >= 4 is 11.7 Å². The van der Waals surface area contributed by atoms with Gasteiger partial charge in [-0.2, -0.15) is 5.10 Å². The number of aromatic amines is 1. The summed E-state index contributed by atoms with van der Waals surface area (Å²) >= 11 is 0. The van der Waals surface area contributed by atoms with Crippen molar-refractivity contribution in [2.24, 2.45) is 0 Å². The summed E-state index contributed by atoms with van der Waals surface area (Å²) in [5, 5.41) is 7.26. The zero-order valence-corrected chi connectivity index (χ0v) is 13.2. The van der Waals surface area contributed by atoms with E-state index < -0.39 is 0 Å². The molecule has 0 unspecified atom stereocenters. The Kier molecular flexibility index (Phi) is 4.57. The second-order valence-corrected chi connectivity index (χ2v) is 5.70. The van der Waals surface area contributed by atoms with Gasteiger partial charge in [-0.3, -0.25) is 9.89 Å². The predicted octanol–water partition coefficient (Wildman–Crippen LogP) is 1.75. The highest BCUT2D eigenvalue weighted by Gasteiger charge is 2.30. The lowest BCUT2D eigenvalue weighted by Gasteiger charge is -2.35. The molecule has 0 spiro atoms. The molecule has 0 aliphatic carbocycles. The minimum absolute atomic E-state index is 0.00647. The van der Waals surface area contributed by atoms with Gasteiger partial charge in [-0.1, -0.05) is 0 Å². The minimum atomic E-state index is -0.0155. The number of likely N-dealkylation sites (tertiary alicyclic amines) is 1. The smallest absolute Gasteiger partial charge is 0.249 e. The van der Waals surface area contributed by atoms with Crippen molar-refractivity contribution in [2.75, 3.05) is 26.0 Å². The van der Waals surface area contributed by atoms with Gasteiger partial charge in [0.2, 0.25) is 5.91 Å². The maximum atomic E-state index is 12.3. The monoisotopic (exact) mass is 315 g/mol. The summed E-state index contributed by atoms with van der Waals surface area (Å²) in [6, 6.07) is 3.70. The highest BCUT2D eigenvalue weighted by molar-refractivity contribution is 5.78. The van der Waals surface area contributed by atoms with Crippen LogP contribution in [0.2, 0.25) is 0 Å². The standard InChI is InChI=1S/C16H21N5O2/c1-23-10-15(22)21-7-3-2-4-13(21)16-12(9-19-20-16)11-5-6-18-14(17)8-11/h5-6,8-9,13H,2-4,7,10H2,1H3,(H2,17,18)(H,19,20)/t13-/m1/s1. The molecule has 3 N–H and O–H groups in total. The molecule has 1 aliphatic rings. The first-order chi connectivity index (χ1) is 11.2. The van der Waals surface area contributed by atoms with Crippen LogP contribution in [-0.4, -0.2) is 46.2 Å². The fourth-order valence-corrected chi connectivity index (χ4v) is 3.13. The largest absolute Gasteiger partial charge is 0.384 e. The molecule has 2 aromatic rings. The van der Waals surface area contributed by atoms with Crippen molar-refractivity contribution in [3.63, 3.8) is 0 Å². The van der Waals surface area contributed by atoms with Crippen LogP contribution in [0.5, 0.6) is 0 Å². The molecule has 7 heteroatoms. The summed E-state index contributed by atoms with van der Waals surface area (Å²) in [5.74, 6) is 0.470. The number of nitrogen functional groups attached to an aromatic ring is 1. The summed E-state index contributed by atoms with van der Waals surface area (Å²) in [6.45, 7) is 0.839. The van der Waals surface area contributed by atoms with Crippen LogP contribution in [0.1, 0.15) is 31.0 Å².